The van der Waals surface area contributed by atoms with Gasteiger partial charge in [-0.15, -0.1) is 5.10 Å². The van der Waals surface area contributed by atoms with Gasteiger partial charge in [-0.2, -0.15) is 4.98 Å². The van der Waals surface area contributed by atoms with Gasteiger partial charge in [0.2, 0.25) is 5.91 Å². The molecule has 1 N–H and O–H groups in total. The van der Waals surface area contributed by atoms with Gasteiger partial charge in [0.15, 0.2) is 5.82 Å². The van der Waals surface area contributed by atoms with E-state index in [4.69, 9.17) is 9.47 Å². The Kier molecular flexibility index (Phi) is 8.63. The lowest BCUT2D eigenvalue weighted by molar-refractivity contribution is -0.116. The summed E-state index contributed by atoms with van der Waals surface area (Å²) < 4.78 is 12.9. The van der Waals surface area contributed by atoms with Gasteiger partial charge in [0, 0.05) is 17.9 Å². The molecule has 0 saturated carbocycles. The summed E-state index contributed by atoms with van der Waals surface area (Å²) in [6.45, 7) is 5.44. The molecule has 0 radical (unpaired) electrons. The molecule has 0 saturated heterocycles. The van der Waals surface area contributed by atoms with Gasteiger partial charge in [0.1, 0.15) is 6.61 Å². The lowest BCUT2D eigenvalue weighted by Crippen LogP contribution is -2.22. The number of ether oxygens (including phenoxy) is 2. The smallest absolute Gasteiger partial charge is 0.336 e. The highest BCUT2D eigenvalue weighted by Gasteiger charge is 2.23. The van der Waals surface area contributed by atoms with Crippen LogP contribution in [0.25, 0.3) is 17.1 Å². The molecule has 0 aliphatic heterocycles. The van der Waals surface area contributed by atoms with E-state index in [0.29, 0.717) is 31.3 Å². The summed E-state index contributed by atoms with van der Waals surface area (Å²) in [6, 6.07) is 35.6. The first-order valence-electron chi connectivity index (χ1n) is 13.4. The maximum Gasteiger partial charge on any atom is 0.336 e. The highest BCUT2D eigenvalue weighted by atomic mass is 16.5. The minimum absolute atomic E-state index is 0.101. The quantitative estimate of drug-likeness (QED) is 0.198. The molecule has 0 aliphatic carbocycles. The van der Waals surface area contributed by atoms with Gasteiger partial charge in [0.25, 0.3) is 0 Å². The molecule has 1 heterocycles. The van der Waals surface area contributed by atoms with Crippen LogP contribution in [0.15, 0.2) is 109 Å². The summed E-state index contributed by atoms with van der Waals surface area (Å²) >= 11 is 0. The van der Waals surface area contributed by atoms with Crippen LogP contribution in [0.1, 0.15) is 29.5 Å². The molecule has 7 heteroatoms. The van der Waals surface area contributed by atoms with Crippen molar-refractivity contribution in [2.24, 2.45) is 0 Å². The average molecular weight is 533 g/mol. The van der Waals surface area contributed by atoms with E-state index >= 15 is 0 Å². The first-order valence-corrected chi connectivity index (χ1v) is 13.4. The number of carbonyl (C=O) groups is 1. The largest absolute Gasteiger partial charge is 0.460 e. The van der Waals surface area contributed by atoms with E-state index < -0.39 is 5.92 Å². The number of nitrogens with one attached hydrogen (secondary N) is 1. The summed E-state index contributed by atoms with van der Waals surface area (Å²) in [5, 5.41) is 7.71. The zero-order valence-corrected chi connectivity index (χ0v) is 22.7. The van der Waals surface area contributed by atoms with Crippen LogP contribution in [-0.4, -0.2) is 40.5 Å². The molecule has 1 aromatic heterocycles. The Balaban J connectivity index is 1.39. The third-order valence-corrected chi connectivity index (χ3v) is 6.47. The monoisotopic (exact) mass is 532 g/mol. The van der Waals surface area contributed by atoms with E-state index in [0.717, 1.165) is 27.9 Å². The van der Waals surface area contributed by atoms with Crippen molar-refractivity contribution in [3.63, 3.8) is 0 Å². The number of amides is 1. The molecule has 0 aliphatic rings. The van der Waals surface area contributed by atoms with Crippen molar-refractivity contribution in [1.82, 2.24) is 14.8 Å². The van der Waals surface area contributed by atoms with E-state index in [1.807, 2.05) is 123 Å². The minimum Gasteiger partial charge on any atom is -0.460 e. The number of benzene rings is 4. The zero-order chi connectivity index (χ0) is 27.7. The van der Waals surface area contributed by atoms with E-state index in [-0.39, 0.29) is 11.9 Å². The predicted molar refractivity (Wildman–Crippen MR) is 157 cm³/mol. The molecule has 1 amide bonds. The van der Waals surface area contributed by atoms with E-state index in [9.17, 15) is 4.79 Å². The van der Waals surface area contributed by atoms with Gasteiger partial charge in [0.05, 0.1) is 18.2 Å². The Hall–Kier alpha value is -4.75. The predicted octanol–water partition coefficient (Wildman–Crippen LogP) is 6.43. The van der Waals surface area contributed by atoms with Crippen molar-refractivity contribution in [2.45, 2.75) is 19.8 Å². The Bertz CT molecular complexity index is 1480. The second-order valence-corrected chi connectivity index (χ2v) is 9.33. The molecule has 0 bridgehead atoms. The fraction of sp³-hybridized carbons (Fsp3) is 0.182. The summed E-state index contributed by atoms with van der Waals surface area (Å²) in [5.41, 5.74) is 5.44. The number of hydrogen-bond donors (Lipinski definition) is 1. The molecule has 0 unspecified atom stereocenters. The molecule has 7 nitrogen and oxygen atoms in total. The maximum atomic E-state index is 13.5. The van der Waals surface area contributed by atoms with Crippen molar-refractivity contribution in [3.05, 3.63) is 126 Å². The number of nitrogens with zero attached hydrogens (tertiary/aromatic N) is 3. The van der Waals surface area contributed by atoms with Crippen molar-refractivity contribution in [1.29, 1.82) is 0 Å². The summed E-state index contributed by atoms with van der Waals surface area (Å²) in [7, 11) is 0. The van der Waals surface area contributed by atoms with E-state index in [1.54, 1.807) is 4.68 Å². The van der Waals surface area contributed by atoms with Crippen LogP contribution in [0.5, 0.6) is 6.01 Å². The Labute approximate surface area is 234 Å². The highest BCUT2D eigenvalue weighted by molar-refractivity contribution is 5.98. The standard InChI is InChI=1S/C33H32N4O3/c1-3-39-22-23-40-33-35-31(27-16-14-24(2)15-17-27)37(36-33)29-20-18-28(19-21-29)34-32(38)30(25-10-6-4-7-11-25)26-12-8-5-9-13-26/h4-21,30H,3,22-23H2,1-2H3,(H,34,38). The Morgan fingerprint density at radius 2 is 1.45 bits per heavy atom. The third kappa shape index (κ3) is 6.45. The fourth-order valence-electron chi connectivity index (χ4n) is 4.45. The number of anilines is 1. The molecule has 0 spiro atoms. The number of aromatic nitrogens is 3. The SMILES string of the molecule is CCOCCOc1nc(-c2ccc(C)cc2)n(-c2ccc(NC(=O)C(c3ccccc3)c3ccccc3)cc2)n1. The van der Waals surface area contributed by atoms with Crippen LogP contribution in [0.3, 0.4) is 0 Å². The molecule has 40 heavy (non-hydrogen) atoms. The van der Waals surface area contributed by atoms with E-state index in [1.165, 1.54) is 0 Å². The maximum absolute atomic E-state index is 13.5. The first kappa shape index (κ1) is 26.8. The van der Waals surface area contributed by atoms with Crippen LogP contribution in [0, 0.1) is 6.92 Å². The lowest BCUT2D eigenvalue weighted by Gasteiger charge is -2.18. The zero-order valence-electron chi connectivity index (χ0n) is 22.7. The third-order valence-electron chi connectivity index (χ3n) is 6.47. The average Bonchev–Trinajstić information content (AvgIpc) is 3.41. The first-order chi connectivity index (χ1) is 19.6. The summed E-state index contributed by atoms with van der Waals surface area (Å²) in [4.78, 5) is 18.2. The lowest BCUT2D eigenvalue weighted by atomic mass is 9.90. The molecule has 0 fully saturated rings. The van der Waals surface area contributed by atoms with Gasteiger partial charge in [-0.25, -0.2) is 4.68 Å². The normalized spacial score (nSPS) is 11.0. The molecule has 5 aromatic rings. The fourth-order valence-corrected chi connectivity index (χ4v) is 4.45. The van der Waals surface area contributed by atoms with Crippen molar-refractivity contribution >= 4 is 11.6 Å². The van der Waals surface area contributed by atoms with Crippen LogP contribution in [0.4, 0.5) is 5.69 Å². The summed E-state index contributed by atoms with van der Waals surface area (Å²) in [5.74, 6) is 0.134. The topological polar surface area (TPSA) is 78.3 Å². The van der Waals surface area contributed by atoms with Crippen LogP contribution >= 0.6 is 0 Å². The van der Waals surface area contributed by atoms with Gasteiger partial charge < -0.3 is 14.8 Å². The summed E-state index contributed by atoms with van der Waals surface area (Å²) in [6.07, 6.45) is 0. The number of carbonyl (C=O) groups excluding carboxylic acids is 1. The van der Waals surface area contributed by atoms with Crippen molar-refractivity contribution in [2.75, 3.05) is 25.1 Å². The van der Waals surface area contributed by atoms with Gasteiger partial charge >= 0.3 is 6.01 Å². The molecule has 202 valence electrons. The van der Waals surface area contributed by atoms with Gasteiger partial charge in [-0.05, 0) is 49.2 Å². The minimum atomic E-state index is -0.429. The molecule has 0 atom stereocenters. The number of rotatable bonds is 11. The Morgan fingerprint density at radius 1 is 0.825 bits per heavy atom. The second kappa shape index (κ2) is 12.9. The molecule has 5 rings (SSSR count). The van der Waals surface area contributed by atoms with Gasteiger partial charge in [-0.1, -0.05) is 90.5 Å². The van der Waals surface area contributed by atoms with Crippen molar-refractivity contribution < 1.29 is 14.3 Å². The molecule has 4 aromatic carbocycles. The molecular formula is C33H32N4O3. The molecular weight excluding hydrogens is 500 g/mol. The van der Waals surface area contributed by atoms with Crippen LogP contribution in [0.2, 0.25) is 0 Å². The Morgan fingerprint density at radius 3 is 2.05 bits per heavy atom. The van der Waals surface area contributed by atoms with Crippen LogP contribution < -0.4 is 10.1 Å². The number of hydrogen-bond acceptors (Lipinski definition) is 5. The van der Waals surface area contributed by atoms with E-state index in [2.05, 4.69) is 15.4 Å². The van der Waals surface area contributed by atoms with Gasteiger partial charge in [-0.3, -0.25) is 4.79 Å². The second-order valence-electron chi connectivity index (χ2n) is 9.33. The highest BCUT2D eigenvalue weighted by Crippen LogP contribution is 2.28. The number of aryl methyl sites for hydroxylation is 1. The van der Waals surface area contributed by atoms with Crippen LogP contribution in [-0.2, 0) is 9.53 Å². The van der Waals surface area contributed by atoms with Crippen molar-refractivity contribution in [3.8, 4) is 23.1 Å².